The standard InChI is InChI=1S/C10H17N3O/c1-12(9-3-4-10(9)14)7-8-5-6-13(2)11-8/h5-6,9-10,14H,3-4,7H2,1-2H3. The van der Waals surface area contributed by atoms with Crippen LogP contribution in [-0.4, -0.2) is 39.0 Å². The summed E-state index contributed by atoms with van der Waals surface area (Å²) >= 11 is 0. The third-order valence-corrected chi connectivity index (χ3v) is 2.95. The first-order chi connectivity index (χ1) is 6.66. The van der Waals surface area contributed by atoms with E-state index in [1.807, 2.05) is 26.4 Å². The van der Waals surface area contributed by atoms with Gasteiger partial charge < -0.3 is 5.11 Å². The average molecular weight is 195 g/mol. The average Bonchev–Trinajstić information content (AvgIpc) is 2.48. The Morgan fingerprint density at radius 1 is 1.64 bits per heavy atom. The van der Waals surface area contributed by atoms with Gasteiger partial charge in [-0.3, -0.25) is 9.58 Å². The zero-order valence-corrected chi connectivity index (χ0v) is 8.72. The van der Waals surface area contributed by atoms with Crippen molar-refractivity contribution in [3.05, 3.63) is 18.0 Å². The molecule has 1 aromatic rings. The van der Waals surface area contributed by atoms with Crippen LogP contribution in [0.25, 0.3) is 0 Å². The van der Waals surface area contributed by atoms with Crippen LogP contribution in [0.4, 0.5) is 0 Å². The molecule has 4 heteroatoms. The Bertz CT molecular complexity index is 310. The van der Waals surface area contributed by atoms with Crippen LogP contribution in [-0.2, 0) is 13.6 Å². The number of rotatable bonds is 3. The van der Waals surface area contributed by atoms with E-state index in [1.165, 1.54) is 0 Å². The zero-order valence-electron chi connectivity index (χ0n) is 8.72. The van der Waals surface area contributed by atoms with Gasteiger partial charge in [-0.1, -0.05) is 0 Å². The Labute approximate surface area is 84.1 Å². The number of aliphatic hydroxyl groups excluding tert-OH is 1. The number of hydrogen-bond donors (Lipinski definition) is 1. The molecule has 4 nitrogen and oxygen atoms in total. The minimum absolute atomic E-state index is 0.135. The van der Waals surface area contributed by atoms with Crippen molar-refractivity contribution >= 4 is 0 Å². The van der Waals surface area contributed by atoms with Gasteiger partial charge in [-0.05, 0) is 26.0 Å². The molecule has 1 N–H and O–H groups in total. The molecule has 78 valence electrons. The van der Waals surface area contributed by atoms with Crippen molar-refractivity contribution in [3.8, 4) is 0 Å². The Kier molecular flexibility index (Phi) is 2.56. The Hall–Kier alpha value is -0.870. The van der Waals surface area contributed by atoms with E-state index in [1.54, 1.807) is 4.68 Å². The molecular weight excluding hydrogens is 178 g/mol. The maximum Gasteiger partial charge on any atom is 0.0764 e. The van der Waals surface area contributed by atoms with Gasteiger partial charge in [0.1, 0.15) is 0 Å². The van der Waals surface area contributed by atoms with Crippen LogP contribution >= 0.6 is 0 Å². The van der Waals surface area contributed by atoms with E-state index in [2.05, 4.69) is 10.00 Å². The van der Waals surface area contributed by atoms with Crippen LogP contribution in [0.1, 0.15) is 18.5 Å². The predicted molar refractivity (Wildman–Crippen MR) is 53.7 cm³/mol. The molecule has 1 aromatic heterocycles. The summed E-state index contributed by atoms with van der Waals surface area (Å²) in [5, 5.41) is 13.8. The summed E-state index contributed by atoms with van der Waals surface area (Å²) in [6, 6.07) is 2.35. The molecule has 1 fully saturated rings. The summed E-state index contributed by atoms with van der Waals surface area (Å²) in [7, 11) is 3.96. The van der Waals surface area contributed by atoms with Crippen molar-refractivity contribution < 1.29 is 5.11 Å². The highest BCUT2D eigenvalue weighted by molar-refractivity contribution is 5.00. The fourth-order valence-corrected chi connectivity index (χ4v) is 1.90. The first-order valence-corrected chi connectivity index (χ1v) is 5.03. The van der Waals surface area contributed by atoms with Gasteiger partial charge >= 0.3 is 0 Å². The summed E-state index contributed by atoms with van der Waals surface area (Å²) in [6.45, 7) is 0.822. The Morgan fingerprint density at radius 2 is 2.43 bits per heavy atom. The summed E-state index contributed by atoms with van der Waals surface area (Å²) in [5.41, 5.74) is 1.06. The number of aromatic nitrogens is 2. The number of aryl methyl sites for hydroxylation is 1. The van der Waals surface area contributed by atoms with E-state index in [-0.39, 0.29) is 6.10 Å². The minimum Gasteiger partial charge on any atom is -0.391 e. The van der Waals surface area contributed by atoms with E-state index < -0.39 is 0 Å². The molecule has 0 radical (unpaired) electrons. The Balaban J connectivity index is 1.91. The van der Waals surface area contributed by atoms with Crippen molar-refractivity contribution in [2.45, 2.75) is 31.5 Å². The summed E-state index contributed by atoms with van der Waals surface area (Å²) in [5.74, 6) is 0. The lowest BCUT2D eigenvalue weighted by Gasteiger charge is -2.39. The maximum atomic E-state index is 9.49. The van der Waals surface area contributed by atoms with Crippen LogP contribution in [0, 0.1) is 0 Å². The van der Waals surface area contributed by atoms with Gasteiger partial charge in [-0.2, -0.15) is 5.10 Å². The lowest BCUT2D eigenvalue weighted by atomic mass is 9.88. The first-order valence-electron chi connectivity index (χ1n) is 5.03. The fourth-order valence-electron chi connectivity index (χ4n) is 1.90. The lowest BCUT2D eigenvalue weighted by Crippen LogP contribution is -2.48. The van der Waals surface area contributed by atoms with Crippen LogP contribution in [0.15, 0.2) is 12.3 Å². The zero-order chi connectivity index (χ0) is 10.1. The van der Waals surface area contributed by atoms with E-state index in [9.17, 15) is 5.11 Å². The van der Waals surface area contributed by atoms with Crippen molar-refractivity contribution in [1.29, 1.82) is 0 Å². The molecule has 2 unspecified atom stereocenters. The number of nitrogens with zero attached hydrogens (tertiary/aromatic N) is 3. The molecular formula is C10H17N3O. The van der Waals surface area contributed by atoms with Crippen molar-refractivity contribution in [2.75, 3.05) is 7.05 Å². The summed E-state index contributed by atoms with van der Waals surface area (Å²) < 4.78 is 1.81. The topological polar surface area (TPSA) is 41.3 Å². The highest BCUT2D eigenvalue weighted by atomic mass is 16.3. The van der Waals surface area contributed by atoms with Gasteiger partial charge in [0.05, 0.1) is 11.8 Å². The van der Waals surface area contributed by atoms with Gasteiger partial charge in [0.2, 0.25) is 0 Å². The largest absolute Gasteiger partial charge is 0.391 e. The molecule has 0 amide bonds. The molecule has 14 heavy (non-hydrogen) atoms. The second kappa shape index (κ2) is 3.71. The van der Waals surface area contributed by atoms with Crippen molar-refractivity contribution in [3.63, 3.8) is 0 Å². The van der Waals surface area contributed by atoms with Crippen LogP contribution in [0.2, 0.25) is 0 Å². The quantitative estimate of drug-likeness (QED) is 0.758. The Morgan fingerprint density at radius 3 is 2.86 bits per heavy atom. The predicted octanol–water partition coefficient (Wildman–Crippen LogP) is 0.375. The molecule has 0 bridgehead atoms. The van der Waals surface area contributed by atoms with Gasteiger partial charge in [0, 0.05) is 25.8 Å². The van der Waals surface area contributed by atoms with Gasteiger partial charge in [0.15, 0.2) is 0 Å². The molecule has 1 saturated carbocycles. The van der Waals surface area contributed by atoms with E-state index in [0.29, 0.717) is 6.04 Å². The van der Waals surface area contributed by atoms with Crippen LogP contribution < -0.4 is 0 Å². The second-order valence-electron chi connectivity index (χ2n) is 4.11. The lowest BCUT2D eigenvalue weighted by molar-refractivity contribution is -0.0134. The van der Waals surface area contributed by atoms with E-state index in [0.717, 1.165) is 25.1 Å². The molecule has 0 aliphatic heterocycles. The summed E-state index contributed by atoms with van der Waals surface area (Å²) in [4.78, 5) is 2.18. The molecule has 1 aliphatic carbocycles. The van der Waals surface area contributed by atoms with Crippen molar-refractivity contribution in [1.82, 2.24) is 14.7 Å². The van der Waals surface area contributed by atoms with E-state index in [4.69, 9.17) is 0 Å². The van der Waals surface area contributed by atoms with Crippen LogP contribution in [0.5, 0.6) is 0 Å². The van der Waals surface area contributed by atoms with Crippen molar-refractivity contribution in [2.24, 2.45) is 7.05 Å². The van der Waals surface area contributed by atoms with Gasteiger partial charge in [-0.25, -0.2) is 0 Å². The smallest absolute Gasteiger partial charge is 0.0764 e. The van der Waals surface area contributed by atoms with Gasteiger partial charge in [-0.15, -0.1) is 0 Å². The van der Waals surface area contributed by atoms with Gasteiger partial charge in [0.25, 0.3) is 0 Å². The molecule has 2 atom stereocenters. The normalized spacial score (nSPS) is 26.6. The third kappa shape index (κ3) is 1.81. The van der Waals surface area contributed by atoms with Crippen LogP contribution in [0.3, 0.4) is 0 Å². The third-order valence-electron chi connectivity index (χ3n) is 2.95. The highest BCUT2D eigenvalue weighted by Gasteiger charge is 2.32. The summed E-state index contributed by atoms with van der Waals surface area (Å²) in [6.07, 6.45) is 3.85. The number of likely N-dealkylation sites (N-methyl/N-ethyl adjacent to an activating group) is 1. The molecule has 0 spiro atoms. The number of hydrogen-bond acceptors (Lipinski definition) is 3. The highest BCUT2D eigenvalue weighted by Crippen LogP contribution is 2.25. The molecule has 1 aliphatic rings. The molecule has 0 saturated heterocycles. The monoisotopic (exact) mass is 195 g/mol. The second-order valence-corrected chi connectivity index (χ2v) is 4.11. The maximum absolute atomic E-state index is 9.49. The SMILES string of the molecule is CN(Cc1ccn(C)n1)C1CCC1O. The first kappa shape index (κ1) is 9.68. The molecule has 1 heterocycles. The minimum atomic E-state index is -0.135. The number of aliphatic hydroxyl groups is 1. The fraction of sp³-hybridized carbons (Fsp3) is 0.700. The molecule has 0 aromatic carbocycles. The molecule has 2 rings (SSSR count). The van der Waals surface area contributed by atoms with E-state index >= 15 is 0 Å².